The lowest BCUT2D eigenvalue weighted by Gasteiger charge is -2.40. The van der Waals surface area contributed by atoms with Crippen molar-refractivity contribution < 1.29 is 9.13 Å². The SMILES string of the molecule is COc1cc(CN2CC(n3cnc(-c4ccc(F)cc4)c3-c3ccnc(N)n3)C2)ccn1. The van der Waals surface area contributed by atoms with E-state index in [0.29, 0.717) is 11.6 Å². The van der Waals surface area contributed by atoms with Crippen molar-refractivity contribution in [1.82, 2.24) is 29.4 Å². The van der Waals surface area contributed by atoms with Gasteiger partial charge in [-0.1, -0.05) is 0 Å². The van der Waals surface area contributed by atoms with Crippen LogP contribution >= 0.6 is 0 Å². The van der Waals surface area contributed by atoms with E-state index >= 15 is 0 Å². The lowest BCUT2D eigenvalue weighted by atomic mass is 10.0. The number of hydrogen-bond donors (Lipinski definition) is 1. The van der Waals surface area contributed by atoms with Crippen LogP contribution in [0.5, 0.6) is 5.88 Å². The van der Waals surface area contributed by atoms with Crippen molar-refractivity contribution >= 4 is 5.95 Å². The van der Waals surface area contributed by atoms with E-state index in [9.17, 15) is 4.39 Å². The zero-order valence-corrected chi connectivity index (χ0v) is 17.5. The summed E-state index contributed by atoms with van der Waals surface area (Å²) in [6, 6.07) is 12.3. The van der Waals surface area contributed by atoms with Gasteiger partial charge in [-0.25, -0.2) is 24.3 Å². The fourth-order valence-electron chi connectivity index (χ4n) is 3.98. The minimum atomic E-state index is -0.289. The van der Waals surface area contributed by atoms with Gasteiger partial charge in [0.1, 0.15) is 5.82 Å². The van der Waals surface area contributed by atoms with E-state index in [1.54, 1.807) is 31.6 Å². The maximum absolute atomic E-state index is 13.5. The number of rotatable bonds is 6. The van der Waals surface area contributed by atoms with Gasteiger partial charge in [-0.15, -0.1) is 0 Å². The number of imidazole rings is 1. The van der Waals surface area contributed by atoms with Crippen molar-refractivity contribution in [3.05, 3.63) is 72.6 Å². The van der Waals surface area contributed by atoms with E-state index in [2.05, 4.69) is 29.4 Å². The lowest BCUT2D eigenvalue weighted by molar-refractivity contribution is 0.0996. The van der Waals surface area contributed by atoms with Gasteiger partial charge in [0.25, 0.3) is 0 Å². The Kier molecular flexibility index (Phi) is 5.24. The Morgan fingerprint density at radius 2 is 1.84 bits per heavy atom. The van der Waals surface area contributed by atoms with Crippen LogP contribution in [0.15, 0.2) is 61.2 Å². The van der Waals surface area contributed by atoms with Crippen LogP contribution in [0, 0.1) is 5.82 Å². The number of anilines is 1. The lowest BCUT2D eigenvalue weighted by Crippen LogP contribution is -2.47. The highest BCUT2D eigenvalue weighted by Gasteiger charge is 2.31. The summed E-state index contributed by atoms with van der Waals surface area (Å²) < 4.78 is 20.8. The molecule has 3 aromatic heterocycles. The summed E-state index contributed by atoms with van der Waals surface area (Å²) in [5.41, 5.74) is 10.1. The quantitative estimate of drug-likeness (QED) is 0.501. The molecule has 0 spiro atoms. The molecule has 1 aliphatic rings. The van der Waals surface area contributed by atoms with Gasteiger partial charge in [-0.05, 0) is 42.0 Å². The number of nitrogens with two attached hydrogens (primary N) is 1. The molecule has 8 nitrogen and oxygen atoms in total. The zero-order chi connectivity index (χ0) is 22.1. The second kappa shape index (κ2) is 8.35. The molecule has 4 heterocycles. The van der Waals surface area contributed by atoms with E-state index in [1.165, 1.54) is 12.1 Å². The third-order valence-electron chi connectivity index (χ3n) is 5.57. The first-order valence-electron chi connectivity index (χ1n) is 10.2. The minimum absolute atomic E-state index is 0.196. The molecule has 1 aliphatic heterocycles. The summed E-state index contributed by atoms with van der Waals surface area (Å²) in [6.07, 6.45) is 5.21. The second-order valence-electron chi connectivity index (χ2n) is 7.71. The van der Waals surface area contributed by atoms with Crippen LogP contribution < -0.4 is 10.5 Å². The Hall–Kier alpha value is -3.85. The van der Waals surface area contributed by atoms with Gasteiger partial charge < -0.3 is 15.0 Å². The molecule has 5 rings (SSSR count). The Balaban J connectivity index is 1.42. The largest absolute Gasteiger partial charge is 0.481 e. The molecule has 9 heteroatoms. The molecule has 0 radical (unpaired) electrons. The van der Waals surface area contributed by atoms with Crippen LogP contribution in [0.4, 0.5) is 10.3 Å². The predicted molar refractivity (Wildman–Crippen MR) is 118 cm³/mol. The molecule has 0 bridgehead atoms. The molecule has 1 aromatic carbocycles. The molecular formula is C23H22FN7O. The van der Waals surface area contributed by atoms with E-state index in [0.717, 1.165) is 42.1 Å². The summed E-state index contributed by atoms with van der Waals surface area (Å²) in [6.45, 7) is 2.53. The minimum Gasteiger partial charge on any atom is -0.481 e. The Morgan fingerprint density at radius 1 is 1.06 bits per heavy atom. The summed E-state index contributed by atoms with van der Waals surface area (Å²) in [4.78, 5) is 19.6. The number of nitrogens with zero attached hydrogens (tertiary/aromatic N) is 6. The average Bonchev–Trinajstić information content (AvgIpc) is 3.21. The molecule has 0 atom stereocenters. The molecule has 1 fully saturated rings. The topological polar surface area (TPSA) is 95.0 Å². The first-order valence-corrected chi connectivity index (χ1v) is 10.2. The smallest absolute Gasteiger partial charge is 0.220 e. The van der Waals surface area contributed by atoms with E-state index in [1.807, 2.05) is 24.5 Å². The summed E-state index contributed by atoms with van der Waals surface area (Å²) >= 11 is 0. The van der Waals surface area contributed by atoms with Crippen molar-refractivity contribution in [3.63, 3.8) is 0 Å². The van der Waals surface area contributed by atoms with E-state index in [4.69, 9.17) is 10.5 Å². The average molecular weight is 431 g/mol. The molecule has 1 saturated heterocycles. The molecule has 32 heavy (non-hydrogen) atoms. The number of ether oxygens (including phenoxy) is 1. The number of methoxy groups -OCH3 is 1. The maximum atomic E-state index is 13.5. The van der Waals surface area contributed by atoms with Gasteiger partial charge in [-0.3, -0.25) is 4.90 Å². The summed E-state index contributed by atoms with van der Waals surface area (Å²) in [7, 11) is 1.62. The summed E-state index contributed by atoms with van der Waals surface area (Å²) in [5.74, 6) is 0.521. The fraction of sp³-hybridized carbons (Fsp3) is 0.217. The van der Waals surface area contributed by atoms with Crippen LogP contribution in [0.1, 0.15) is 11.6 Å². The summed E-state index contributed by atoms with van der Waals surface area (Å²) in [5, 5.41) is 0. The van der Waals surface area contributed by atoms with Crippen molar-refractivity contribution in [1.29, 1.82) is 0 Å². The van der Waals surface area contributed by atoms with Crippen molar-refractivity contribution in [2.75, 3.05) is 25.9 Å². The highest BCUT2D eigenvalue weighted by molar-refractivity contribution is 5.77. The van der Waals surface area contributed by atoms with Crippen LogP contribution in [0.25, 0.3) is 22.6 Å². The first-order chi connectivity index (χ1) is 15.6. The molecule has 4 aromatic rings. The normalized spacial score (nSPS) is 14.3. The molecular weight excluding hydrogens is 409 g/mol. The van der Waals surface area contributed by atoms with Crippen molar-refractivity contribution in [2.45, 2.75) is 12.6 Å². The molecule has 0 amide bonds. The number of halogens is 1. The maximum Gasteiger partial charge on any atom is 0.220 e. The number of pyridine rings is 1. The monoisotopic (exact) mass is 431 g/mol. The highest BCUT2D eigenvalue weighted by atomic mass is 19.1. The molecule has 2 N–H and O–H groups in total. The zero-order valence-electron chi connectivity index (χ0n) is 17.5. The number of benzene rings is 1. The van der Waals surface area contributed by atoms with Gasteiger partial charge in [0.15, 0.2) is 0 Å². The van der Waals surface area contributed by atoms with E-state index in [-0.39, 0.29) is 17.8 Å². The third-order valence-corrected chi connectivity index (χ3v) is 5.57. The van der Waals surface area contributed by atoms with Gasteiger partial charge in [-0.2, -0.15) is 0 Å². The number of likely N-dealkylation sites (tertiary alicyclic amines) is 1. The van der Waals surface area contributed by atoms with Gasteiger partial charge >= 0.3 is 0 Å². The van der Waals surface area contributed by atoms with Crippen LogP contribution in [-0.4, -0.2) is 49.6 Å². The highest BCUT2D eigenvalue weighted by Crippen LogP contribution is 2.35. The third kappa shape index (κ3) is 3.90. The Bertz CT molecular complexity index is 1240. The number of hydrogen-bond acceptors (Lipinski definition) is 7. The second-order valence-corrected chi connectivity index (χ2v) is 7.71. The van der Waals surface area contributed by atoms with Gasteiger partial charge in [0.2, 0.25) is 11.8 Å². The van der Waals surface area contributed by atoms with Crippen molar-refractivity contribution in [2.24, 2.45) is 0 Å². The van der Waals surface area contributed by atoms with Crippen LogP contribution in [0.3, 0.4) is 0 Å². The Morgan fingerprint density at radius 3 is 2.59 bits per heavy atom. The number of nitrogen functional groups attached to an aromatic ring is 1. The molecule has 0 aliphatic carbocycles. The van der Waals surface area contributed by atoms with Gasteiger partial charge in [0, 0.05) is 43.7 Å². The Labute approximate surface area is 184 Å². The van der Waals surface area contributed by atoms with E-state index < -0.39 is 0 Å². The standard InChI is InChI=1S/C23H22FN7O/c1-32-20-10-15(6-8-26-20)11-30-12-18(13-30)31-14-28-21(16-2-4-17(24)5-3-16)22(31)19-7-9-27-23(25)29-19/h2-10,14,18H,11-13H2,1H3,(H2,25,27,29). The molecule has 162 valence electrons. The first kappa shape index (κ1) is 20.1. The van der Waals surface area contributed by atoms with Crippen LogP contribution in [0.2, 0.25) is 0 Å². The van der Waals surface area contributed by atoms with Crippen LogP contribution in [-0.2, 0) is 6.54 Å². The molecule has 0 saturated carbocycles. The molecule has 0 unspecified atom stereocenters. The fourth-order valence-corrected chi connectivity index (χ4v) is 3.98. The van der Waals surface area contributed by atoms with Crippen molar-refractivity contribution in [3.8, 4) is 28.5 Å². The van der Waals surface area contributed by atoms with Gasteiger partial charge in [0.05, 0.1) is 36.6 Å². The number of aromatic nitrogens is 5. The predicted octanol–water partition coefficient (Wildman–Crippen LogP) is 3.19.